The van der Waals surface area contributed by atoms with Crippen LogP contribution in [0.25, 0.3) is 0 Å². The maximum atomic E-state index is 12.1. The van der Waals surface area contributed by atoms with Crippen molar-refractivity contribution in [2.24, 2.45) is 0 Å². The van der Waals surface area contributed by atoms with Crippen LogP contribution in [0.3, 0.4) is 0 Å². The van der Waals surface area contributed by atoms with Gasteiger partial charge in [0.2, 0.25) is 15.9 Å². The standard InChI is InChI=1S/C16H17BrN2O3S2/c1-23-14-4-2-3-13(11-14)19-16(20)9-10-18-24(21,22)15-7-5-12(17)6-8-15/h2-8,11,18H,9-10H2,1H3,(H,19,20). The minimum atomic E-state index is -3.61. The Kier molecular flexibility index (Phi) is 6.85. The first-order valence-electron chi connectivity index (χ1n) is 7.10. The van der Waals surface area contributed by atoms with Gasteiger partial charge in [0.25, 0.3) is 0 Å². The van der Waals surface area contributed by atoms with Crippen LogP contribution < -0.4 is 10.0 Å². The predicted octanol–water partition coefficient (Wildman–Crippen LogP) is 3.48. The summed E-state index contributed by atoms with van der Waals surface area (Å²) in [5, 5.41) is 2.76. The molecule has 0 atom stereocenters. The number of hydrogen-bond donors (Lipinski definition) is 2. The number of hydrogen-bond acceptors (Lipinski definition) is 4. The zero-order valence-corrected chi connectivity index (χ0v) is 16.2. The number of rotatable bonds is 7. The highest BCUT2D eigenvalue weighted by Crippen LogP contribution is 2.19. The zero-order valence-electron chi connectivity index (χ0n) is 13.0. The van der Waals surface area contributed by atoms with Gasteiger partial charge in [-0.3, -0.25) is 4.79 Å². The number of nitrogens with one attached hydrogen (secondary N) is 2. The summed E-state index contributed by atoms with van der Waals surface area (Å²) in [5.74, 6) is -0.244. The molecule has 5 nitrogen and oxygen atoms in total. The zero-order chi connectivity index (χ0) is 17.6. The molecule has 0 radical (unpaired) electrons. The van der Waals surface area contributed by atoms with E-state index in [0.717, 1.165) is 9.37 Å². The van der Waals surface area contributed by atoms with Crippen LogP contribution in [0.4, 0.5) is 5.69 Å². The molecule has 0 bridgehead atoms. The van der Waals surface area contributed by atoms with Crippen molar-refractivity contribution in [2.75, 3.05) is 18.1 Å². The van der Waals surface area contributed by atoms with Crippen molar-refractivity contribution in [3.05, 3.63) is 53.0 Å². The molecule has 2 aromatic carbocycles. The molecule has 2 N–H and O–H groups in total. The molecule has 0 saturated carbocycles. The normalized spacial score (nSPS) is 11.2. The second kappa shape index (κ2) is 8.66. The van der Waals surface area contributed by atoms with Crippen LogP contribution in [0, 0.1) is 0 Å². The second-order valence-electron chi connectivity index (χ2n) is 4.88. The summed E-state index contributed by atoms with van der Waals surface area (Å²) in [6.45, 7) is 0.0342. The lowest BCUT2D eigenvalue weighted by atomic mass is 10.3. The van der Waals surface area contributed by atoms with Gasteiger partial charge in [0, 0.05) is 28.0 Å². The predicted molar refractivity (Wildman–Crippen MR) is 101 cm³/mol. The molecular formula is C16H17BrN2O3S2. The molecule has 128 valence electrons. The molecule has 0 heterocycles. The highest BCUT2D eigenvalue weighted by atomic mass is 79.9. The molecular weight excluding hydrogens is 412 g/mol. The first-order chi connectivity index (χ1) is 11.4. The van der Waals surface area contributed by atoms with E-state index in [-0.39, 0.29) is 23.8 Å². The van der Waals surface area contributed by atoms with E-state index in [1.54, 1.807) is 30.0 Å². The molecule has 0 spiro atoms. The van der Waals surface area contributed by atoms with Gasteiger partial charge in [-0.05, 0) is 48.7 Å². The highest BCUT2D eigenvalue weighted by Gasteiger charge is 2.14. The van der Waals surface area contributed by atoms with Crippen molar-refractivity contribution in [3.63, 3.8) is 0 Å². The van der Waals surface area contributed by atoms with Gasteiger partial charge in [0.1, 0.15) is 0 Å². The van der Waals surface area contributed by atoms with Gasteiger partial charge in [0.05, 0.1) is 4.90 Å². The molecule has 0 fully saturated rings. The van der Waals surface area contributed by atoms with E-state index in [1.807, 2.05) is 24.5 Å². The SMILES string of the molecule is CSc1cccc(NC(=O)CCNS(=O)(=O)c2ccc(Br)cc2)c1. The number of halogens is 1. The third-order valence-corrected chi connectivity index (χ3v) is 5.85. The third-order valence-electron chi connectivity index (χ3n) is 3.12. The lowest BCUT2D eigenvalue weighted by molar-refractivity contribution is -0.116. The van der Waals surface area contributed by atoms with E-state index >= 15 is 0 Å². The third kappa shape index (κ3) is 5.62. The summed E-state index contributed by atoms with van der Waals surface area (Å²) in [6, 6.07) is 13.8. The maximum Gasteiger partial charge on any atom is 0.240 e. The Hall–Kier alpha value is -1.35. The van der Waals surface area contributed by atoms with Gasteiger partial charge in [-0.25, -0.2) is 13.1 Å². The van der Waals surface area contributed by atoms with Gasteiger partial charge in [-0.15, -0.1) is 11.8 Å². The molecule has 1 amide bonds. The minimum Gasteiger partial charge on any atom is -0.326 e. The fraction of sp³-hybridized carbons (Fsp3) is 0.188. The van der Waals surface area contributed by atoms with Crippen LogP contribution in [0.2, 0.25) is 0 Å². The lowest BCUT2D eigenvalue weighted by Crippen LogP contribution is -2.27. The molecule has 0 aliphatic rings. The summed E-state index contributed by atoms with van der Waals surface area (Å²) >= 11 is 4.84. The highest BCUT2D eigenvalue weighted by molar-refractivity contribution is 9.10. The Morgan fingerprint density at radius 3 is 2.54 bits per heavy atom. The van der Waals surface area contributed by atoms with Gasteiger partial charge < -0.3 is 5.32 Å². The number of anilines is 1. The first-order valence-corrected chi connectivity index (χ1v) is 10.6. The molecule has 0 aromatic heterocycles. The summed E-state index contributed by atoms with van der Waals surface area (Å²) in [4.78, 5) is 13.1. The Balaban J connectivity index is 1.86. The van der Waals surface area contributed by atoms with E-state index in [9.17, 15) is 13.2 Å². The van der Waals surface area contributed by atoms with Crippen molar-refractivity contribution in [3.8, 4) is 0 Å². The molecule has 0 aliphatic heterocycles. The smallest absolute Gasteiger partial charge is 0.240 e. The van der Waals surface area contributed by atoms with E-state index in [1.165, 1.54) is 12.1 Å². The van der Waals surface area contributed by atoms with Gasteiger partial charge in [-0.2, -0.15) is 0 Å². The van der Waals surface area contributed by atoms with E-state index < -0.39 is 10.0 Å². The van der Waals surface area contributed by atoms with Crippen molar-refractivity contribution in [2.45, 2.75) is 16.2 Å². The number of amides is 1. The number of benzene rings is 2. The Morgan fingerprint density at radius 1 is 1.17 bits per heavy atom. The Bertz CT molecular complexity index is 808. The Morgan fingerprint density at radius 2 is 1.88 bits per heavy atom. The molecule has 8 heteroatoms. The van der Waals surface area contributed by atoms with Crippen LogP contribution in [0.1, 0.15) is 6.42 Å². The van der Waals surface area contributed by atoms with Crippen LogP contribution >= 0.6 is 27.7 Å². The van der Waals surface area contributed by atoms with E-state index in [2.05, 4.69) is 26.0 Å². The lowest BCUT2D eigenvalue weighted by Gasteiger charge is -2.08. The van der Waals surface area contributed by atoms with Crippen molar-refractivity contribution >= 4 is 49.3 Å². The maximum absolute atomic E-state index is 12.1. The fourth-order valence-corrected chi connectivity index (χ4v) is 3.68. The number of sulfonamides is 1. The first kappa shape index (κ1) is 19.0. The van der Waals surface area contributed by atoms with Gasteiger partial charge >= 0.3 is 0 Å². The van der Waals surface area contributed by atoms with Crippen molar-refractivity contribution in [1.82, 2.24) is 4.72 Å². The fourth-order valence-electron chi connectivity index (χ4n) is 1.92. The van der Waals surface area contributed by atoms with E-state index in [4.69, 9.17) is 0 Å². The van der Waals surface area contributed by atoms with Crippen LogP contribution in [-0.2, 0) is 14.8 Å². The summed E-state index contributed by atoms with van der Waals surface area (Å²) in [5.41, 5.74) is 0.697. The number of carbonyl (C=O) groups is 1. The molecule has 2 rings (SSSR count). The summed E-state index contributed by atoms with van der Waals surface area (Å²) in [6.07, 6.45) is 2.01. The molecule has 0 aliphatic carbocycles. The van der Waals surface area contributed by atoms with Crippen molar-refractivity contribution in [1.29, 1.82) is 0 Å². The Labute approximate surface area is 154 Å². The molecule has 0 saturated heterocycles. The molecule has 2 aromatic rings. The quantitative estimate of drug-likeness (QED) is 0.661. The van der Waals surface area contributed by atoms with Gasteiger partial charge in [0.15, 0.2) is 0 Å². The van der Waals surface area contributed by atoms with Crippen LogP contribution in [0.5, 0.6) is 0 Å². The monoisotopic (exact) mass is 428 g/mol. The number of thioether (sulfide) groups is 1. The largest absolute Gasteiger partial charge is 0.326 e. The van der Waals surface area contributed by atoms with E-state index in [0.29, 0.717) is 5.69 Å². The minimum absolute atomic E-state index is 0.0342. The van der Waals surface area contributed by atoms with Gasteiger partial charge in [-0.1, -0.05) is 22.0 Å². The average Bonchev–Trinajstić information content (AvgIpc) is 2.55. The van der Waals surface area contributed by atoms with Crippen LogP contribution in [0.15, 0.2) is 62.8 Å². The summed E-state index contributed by atoms with van der Waals surface area (Å²) < 4.78 is 27.4. The summed E-state index contributed by atoms with van der Waals surface area (Å²) in [7, 11) is -3.61. The number of carbonyl (C=O) groups excluding carboxylic acids is 1. The van der Waals surface area contributed by atoms with Crippen LogP contribution in [-0.4, -0.2) is 27.1 Å². The van der Waals surface area contributed by atoms with Crippen molar-refractivity contribution < 1.29 is 13.2 Å². The molecule has 24 heavy (non-hydrogen) atoms. The second-order valence-corrected chi connectivity index (χ2v) is 8.44. The topological polar surface area (TPSA) is 75.3 Å². The average molecular weight is 429 g/mol. The molecule has 0 unspecified atom stereocenters.